The molecule has 1 N–H and O–H groups in total. The van der Waals surface area contributed by atoms with Crippen molar-refractivity contribution < 1.29 is 4.79 Å². The summed E-state index contributed by atoms with van der Waals surface area (Å²) >= 11 is 13.6. The van der Waals surface area contributed by atoms with Gasteiger partial charge in [0.25, 0.3) is 5.91 Å². The Bertz CT molecular complexity index is 717. The third-order valence-electron chi connectivity index (χ3n) is 3.59. The molecule has 0 fully saturated rings. The van der Waals surface area contributed by atoms with Crippen LogP contribution in [-0.2, 0) is 6.42 Å². The fourth-order valence-electron chi connectivity index (χ4n) is 2.47. The third kappa shape index (κ3) is 3.03. The van der Waals surface area contributed by atoms with Crippen molar-refractivity contribution in [1.82, 2.24) is 5.32 Å². The highest BCUT2D eigenvalue weighted by atomic mass is 79.9. The van der Waals surface area contributed by atoms with Gasteiger partial charge in [0.2, 0.25) is 0 Å². The fraction of sp³-hybridized carbons (Fsp3) is 0.188. The summed E-state index contributed by atoms with van der Waals surface area (Å²) in [4.78, 5) is 11.9. The zero-order valence-corrected chi connectivity index (χ0v) is 14.9. The molecule has 0 spiro atoms. The van der Waals surface area contributed by atoms with Gasteiger partial charge < -0.3 is 5.32 Å². The standard InChI is InChI=1S/C16H12Br2ClNO/c17-11-3-4-12(14(18)8-11)15(19)10-2-1-9-5-6-20-16(21)13(9)7-10/h1-4,7-8,15H,5-6H2,(H,20,21). The number of amides is 1. The van der Waals surface area contributed by atoms with E-state index in [1.54, 1.807) is 0 Å². The normalized spacial score (nSPS) is 15.3. The molecule has 0 saturated heterocycles. The summed E-state index contributed by atoms with van der Waals surface area (Å²) in [7, 11) is 0. The number of halogens is 3. The SMILES string of the molecule is O=C1NCCc2ccc(C(Cl)c3ccc(Br)cc3Br)cc21. The van der Waals surface area contributed by atoms with Crippen molar-refractivity contribution in [2.75, 3.05) is 6.54 Å². The number of hydrogen-bond acceptors (Lipinski definition) is 1. The van der Waals surface area contributed by atoms with Crippen molar-refractivity contribution in [3.63, 3.8) is 0 Å². The molecule has 1 heterocycles. The van der Waals surface area contributed by atoms with Gasteiger partial charge in [-0.25, -0.2) is 0 Å². The summed E-state index contributed by atoms with van der Waals surface area (Å²) in [5, 5.41) is 2.57. The highest BCUT2D eigenvalue weighted by Crippen LogP contribution is 2.36. The summed E-state index contributed by atoms with van der Waals surface area (Å²) in [6, 6.07) is 11.8. The minimum atomic E-state index is -0.299. The number of nitrogens with one attached hydrogen (secondary N) is 1. The largest absolute Gasteiger partial charge is 0.352 e. The van der Waals surface area contributed by atoms with Crippen LogP contribution in [0.5, 0.6) is 0 Å². The molecule has 1 amide bonds. The number of carbonyl (C=O) groups is 1. The van der Waals surface area contributed by atoms with Crippen LogP contribution in [-0.4, -0.2) is 12.5 Å². The van der Waals surface area contributed by atoms with E-state index in [4.69, 9.17) is 11.6 Å². The lowest BCUT2D eigenvalue weighted by Gasteiger charge is -2.19. The van der Waals surface area contributed by atoms with E-state index in [-0.39, 0.29) is 11.3 Å². The average molecular weight is 430 g/mol. The van der Waals surface area contributed by atoms with Crippen molar-refractivity contribution >= 4 is 49.4 Å². The molecule has 0 aliphatic carbocycles. The first-order chi connectivity index (χ1) is 10.1. The Morgan fingerprint density at radius 3 is 2.71 bits per heavy atom. The minimum Gasteiger partial charge on any atom is -0.352 e. The molecule has 3 rings (SSSR count). The average Bonchev–Trinajstić information content (AvgIpc) is 2.47. The van der Waals surface area contributed by atoms with Crippen molar-refractivity contribution in [1.29, 1.82) is 0 Å². The molecule has 2 aromatic carbocycles. The predicted octanol–water partition coefficient (Wildman–Crippen LogP) is 4.83. The van der Waals surface area contributed by atoms with Crippen LogP contribution in [0.4, 0.5) is 0 Å². The summed E-state index contributed by atoms with van der Waals surface area (Å²) < 4.78 is 1.94. The second kappa shape index (κ2) is 6.11. The maximum absolute atomic E-state index is 11.9. The van der Waals surface area contributed by atoms with Gasteiger partial charge in [0.15, 0.2) is 0 Å². The molecular formula is C16H12Br2ClNO. The smallest absolute Gasteiger partial charge is 0.251 e. The van der Waals surface area contributed by atoms with Crippen LogP contribution in [0.3, 0.4) is 0 Å². The van der Waals surface area contributed by atoms with Gasteiger partial charge in [0, 0.05) is 21.1 Å². The maximum Gasteiger partial charge on any atom is 0.251 e. The van der Waals surface area contributed by atoms with Crippen LogP contribution in [0.25, 0.3) is 0 Å². The van der Waals surface area contributed by atoms with E-state index in [0.717, 1.165) is 37.6 Å². The molecule has 1 aliphatic heterocycles. The van der Waals surface area contributed by atoms with E-state index in [0.29, 0.717) is 6.54 Å². The Balaban J connectivity index is 2.00. The molecule has 2 aromatic rings. The van der Waals surface area contributed by atoms with Gasteiger partial charge >= 0.3 is 0 Å². The monoisotopic (exact) mass is 427 g/mol. The number of benzene rings is 2. The van der Waals surface area contributed by atoms with Crippen molar-refractivity contribution in [3.8, 4) is 0 Å². The Kier molecular flexibility index (Phi) is 4.38. The maximum atomic E-state index is 11.9. The molecule has 0 saturated carbocycles. The van der Waals surface area contributed by atoms with E-state index in [2.05, 4.69) is 37.2 Å². The van der Waals surface area contributed by atoms with E-state index < -0.39 is 0 Å². The Morgan fingerprint density at radius 2 is 1.95 bits per heavy atom. The summed E-state index contributed by atoms with van der Waals surface area (Å²) in [6.45, 7) is 0.702. The minimum absolute atomic E-state index is 0.0168. The van der Waals surface area contributed by atoms with Gasteiger partial charge in [0.05, 0.1) is 5.38 Å². The van der Waals surface area contributed by atoms with E-state index in [1.807, 2.05) is 36.4 Å². The lowest BCUT2D eigenvalue weighted by molar-refractivity contribution is 0.0946. The molecular weight excluding hydrogens is 417 g/mol. The lowest BCUT2D eigenvalue weighted by atomic mass is 9.95. The first kappa shape index (κ1) is 15.1. The number of carbonyl (C=O) groups excluding carboxylic acids is 1. The van der Waals surface area contributed by atoms with E-state index in [1.165, 1.54) is 0 Å². The number of rotatable bonds is 2. The van der Waals surface area contributed by atoms with Gasteiger partial charge in [0.1, 0.15) is 0 Å². The summed E-state index contributed by atoms with van der Waals surface area (Å²) in [5.41, 5.74) is 3.73. The molecule has 2 nitrogen and oxygen atoms in total. The van der Waals surface area contributed by atoms with Crippen LogP contribution >= 0.6 is 43.5 Å². The summed E-state index contributed by atoms with van der Waals surface area (Å²) in [6.07, 6.45) is 0.871. The van der Waals surface area contributed by atoms with Gasteiger partial charge in [-0.3, -0.25) is 4.79 Å². The first-order valence-electron chi connectivity index (χ1n) is 6.56. The number of hydrogen-bond donors (Lipinski definition) is 1. The molecule has 108 valence electrons. The Hall–Kier alpha value is -0.840. The van der Waals surface area contributed by atoms with Gasteiger partial charge in [-0.1, -0.05) is 50.1 Å². The van der Waals surface area contributed by atoms with Gasteiger partial charge in [-0.15, -0.1) is 11.6 Å². The second-order valence-electron chi connectivity index (χ2n) is 4.95. The van der Waals surface area contributed by atoms with Crippen LogP contribution in [0.2, 0.25) is 0 Å². The number of fused-ring (bicyclic) bond motifs is 1. The topological polar surface area (TPSA) is 29.1 Å². The molecule has 1 unspecified atom stereocenters. The molecule has 1 aliphatic rings. The fourth-order valence-corrected chi connectivity index (χ4v) is 4.21. The lowest BCUT2D eigenvalue weighted by Crippen LogP contribution is -2.31. The summed E-state index contributed by atoms with van der Waals surface area (Å²) in [5.74, 6) is -0.0168. The van der Waals surface area contributed by atoms with Gasteiger partial charge in [-0.2, -0.15) is 0 Å². The van der Waals surface area contributed by atoms with Crippen LogP contribution < -0.4 is 5.32 Å². The van der Waals surface area contributed by atoms with E-state index in [9.17, 15) is 4.79 Å². The Morgan fingerprint density at radius 1 is 1.14 bits per heavy atom. The zero-order chi connectivity index (χ0) is 15.0. The number of alkyl halides is 1. The second-order valence-corrected chi connectivity index (χ2v) is 7.16. The van der Waals surface area contributed by atoms with Gasteiger partial charge in [-0.05, 0) is 41.3 Å². The Labute approximate surface area is 145 Å². The van der Waals surface area contributed by atoms with Crippen LogP contribution in [0.1, 0.15) is 32.4 Å². The zero-order valence-electron chi connectivity index (χ0n) is 11.0. The van der Waals surface area contributed by atoms with Crippen LogP contribution in [0, 0.1) is 0 Å². The molecule has 5 heteroatoms. The quantitative estimate of drug-likeness (QED) is 0.681. The molecule has 0 aromatic heterocycles. The van der Waals surface area contributed by atoms with Crippen LogP contribution in [0.15, 0.2) is 45.3 Å². The highest BCUT2D eigenvalue weighted by Gasteiger charge is 2.20. The molecule has 0 radical (unpaired) electrons. The molecule has 0 bridgehead atoms. The van der Waals surface area contributed by atoms with Crippen molar-refractivity contribution in [2.24, 2.45) is 0 Å². The predicted molar refractivity (Wildman–Crippen MR) is 92.0 cm³/mol. The highest BCUT2D eigenvalue weighted by molar-refractivity contribution is 9.11. The molecule has 21 heavy (non-hydrogen) atoms. The first-order valence-corrected chi connectivity index (χ1v) is 8.58. The van der Waals surface area contributed by atoms with Crippen molar-refractivity contribution in [2.45, 2.75) is 11.8 Å². The van der Waals surface area contributed by atoms with Crippen molar-refractivity contribution in [3.05, 3.63) is 67.6 Å². The molecule has 1 atom stereocenters. The third-order valence-corrected chi connectivity index (χ3v) is 5.25. The van der Waals surface area contributed by atoms with E-state index >= 15 is 0 Å².